The van der Waals surface area contributed by atoms with Gasteiger partial charge >= 0.3 is 5.69 Å². The van der Waals surface area contributed by atoms with E-state index in [-0.39, 0.29) is 17.6 Å². The maximum absolute atomic E-state index is 12.2. The van der Waals surface area contributed by atoms with Crippen molar-refractivity contribution in [2.45, 2.75) is 25.4 Å². The van der Waals surface area contributed by atoms with Crippen molar-refractivity contribution in [1.29, 1.82) is 0 Å². The number of amides is 1. The lowest BCUT2D eigenvalue weighted by Gasteiger charge is -2.25. The molecular formula is C15H21N5O2. The van der Waals surface area contributed by atoms with Crippen LogP contribution in [0.4, 0.5) is 0 Å². The monoisotopic (exact) mass is 303 g/mol. The Hall–Kier alpha value is -2.15. The highest BCUT2D eigenvalue weighted by atomic mass is 16.2. The minimum atomic E-state index is -0.134. The quantitative estimate of drug-likeness (QED) is 0.800. The molecule has 2 aromatic rings. The minimum Gasteiger partial charge on any atom is -0.347 e. The molecule has 118 valence electrons. The van der Waals surface area contributed by atoms with Crippen LogP contribution >= 0.6 is 0 Å². The molecule has 0 saturated carbocycles. The Morgan fingerprint density at radius 1 is 1.36 bits per heavy atom. The molecule has 1 amide bonds. The highest BCUT2D eigenvalue weighted by Crippen LogP contribution is 2.18. The standard InChI is InChI=1S/C15H21N5O2/c1-17(2)14(21)12-6-5-8-18(12)10-11-20-15(22)19-9-4-3-7-13(19)16-20/h3-4,7,9,12H,5-6,8,10-11H2,1-2H3/t12-/m1/s1. The Labute approximate surface area is 128 Å². The van der Waals surface area contributed by atoms with Gasteiger partial charge in [-0.25, -0.2) is 9.48 Å². The zero-order chi connectivity index (χ0) is 15.7. The van der Waals surface area contributed by atoms with Crippen molar-refractivity contribution in [2.75, 3.05) is 27.2 Å². The summed E-state index contributed by atoms with van der Waals surface area (Å²) >= 11 is 0. The molecule has 3 rings (SSSR count). The highest BCUT2D eigenvalue weighted by molar-refractivity contribution is 5.81. The average molecular weight is 303 g/mol. The van der Waals surface area contributed by atoms with Crippen LogP contribution in [0, 0.1) is 0 Å². The zero-order valence-corrected chi connectivity index (χ0v) is 13.0. The van der Waals surface area contributed by atoms with Crippen molar-refractivity contribution in [3.63, 3.8) is 0 Å². The fourth-order valence-electron chi connectivity index (χ4n) is 3.01. The van der Waals surface area contributed by atoms with Gasteiger partial charge in [-0.1, -0.05) is 6.07 Å². The zero-order valence-electron chi connectivity index (χ0n) is 13.0. The second-order valence-electron chi connectivity index (χ2n) is 5.86. The first kappa shape index (κ1) is 14.8. The molecule has 0 bridgehead atoms. The molecule has 1 fully saturated rings. The number of likely N-dealkylation sites (tertiary alicyclic amines) is 1. The molecular weight excluding hydrogens is 282 g/mol. The van der Waals surface area contributed by atoms with E-state index < -0.39 is 0 Å². The lowest BCUT2D eigenvalue weighted by molar-refractivity contribution is -0.133. The summed E-state index contributed by atoms with van der Waals surface area (Å²) < 4.78 is 3.01. The van der Waals surface area contributed by atoms with Crippen LogP contribution in [-0.4, -0.2) is 63.1 Å². The van der Waals surface area contributed by atoms with E-state index in [4.69, 9.17) is 0 Å². The molecule has 1 aliphatic rings. The summed E-state index contributed by atoms with van der Waals surface area (Å²) in [6.07, 6.45) is 3.62. The maximum Gasteiger partial charge on any atom is 0.350 e. The number of fused-ring (bicyclic) bond motifs is 1. The first-order valence-corrected chi connectivity index (χ1v) is 7.57. The Morgan fingerprint density at radius 2 is 2.18 bits per heavy atom. The Morgan fingerprint density at radius 3 is 2.91 bits per heavy atom. The number of rotatable bonds is 4. The summed E-state index contributed by atoms with van der Waals surface area (Å²) in [4.78, 5) is 28.2. The Bertz CT molecular complexity index is 733. The summed E-state index contributed by atoms with van der Waals surface area (Å²) in [5.41, 5.74) is 0.514. The third-order valence-electron chi connectivity index (χ3n) is 4.18. The van der Waals surface area contributed by atoms with Gasteiger partial charge in [0, 0.05) is 26.8 Å². The molecule has 7 heteroatoms. The van der Waals surface area contributed by atoms with E-state index in [2.05, 4.69) is 10.00 Å². The minimum absolute atomic E-state index is 0.0669. The molecule has 1 aliphatic heterocycles. The van der Waals surface area contributed by atoms with Crippen molar-refractivity contribution in [3.8, 4) is 0 Å². The van der Waals surface area contributed by atoms with Gasteiger partial charge in [-0.05, 0) is 31.5 Å². The summed E-state index contributed by atoms with van der Waals surface area (Å²) in [6.45, 7) is 2.05. The van der Waals surface area contributed by atoms with Gasteiger partial charge < -0.3 is 4.90 Å². The Kier molecular flexibility index (Phi) is 3.98. The van der Waals surface area contributed by atoms with Gasteiger partial charge in [0.05, 0.1) is 12.6 Å². The molecule has 0 aromatic carbocycles. The smallest absolute Gasteiger partial charge is 0.347 e. The van der Waals surface area contributed by atoms with Crippen LogP contribution < -0.4 is 5.69 Å². The van der Waals surface area contributed by atoms with Crippen molar-refractivity contribution in [1.82, 2.24) is 24.0 Å². The third kappa shape index (κ3) is 2.64. The molecule has 1 atom stereocenters. The number of carbonyl (C=O) groups is 1. The lowest BCUT2D eigenvalue weighted by Crippen LogP contribution is -2.44. The summed E-state index contributed by atoms with van der Waals surface area (Å²) in [5, 5.41) is 4.32. The largest absolute Gasteiger partial charge is 0.350 e. The molecule has 0 N–H and O–H groups in total. The summed E-state index contributed by atoms with van der Waals surface area (Å²) in [5.74, 6) is 0.139. The van der Waals surface area contributed by atoms with Gasteiger partial charge in [0.1, 0.15) is 0 Å². The summed E-state index contributed by atoms with van der Waals surface area (Å²) in [7, 11) is 3.57. The van der Waals surface area contributed by atoms with Crippen LogP contribution in [0.25, 0.3) is 5.65 Å². The van der Waals surface area contributed by atoms with Gasteiger partial charge in [0.25, 0.3) is 0 Å². The molecule has 0 radical (unpaired) electrons. The highest BCUT2D eigenvalue weighted by Gasteiger charge is 2.31. The second-order valence-corrected chi connectivity index (χ2v) is 5.86. The number of hydrogen-bond acceptors (Lipinski definition) is 4. The molecule has 0 unspecified atom stereocenters. The van der Waals surface area contributed by atoms with Gasteiger partial charge in [0.2, 0.25) is 5.91 Å². The lowest BCUT2D eigenvalue weighted by atomic mass is 10.2. The second kappa shape index (κ2) is 5.92. The van der Waals surface area contributed by atoms with E-state index in [0.29, 0.717) is 18.7 Å². The SMILES string of the molecule is CN(C)C(=O)[C@H]1CCCN1CCn1nc2ccccn2c1=O. The molecule has 1 saturated heterocycles. The van der Waals surface area contributed by atoms with Gasteiger partial charge in [-0.3, -0.25) is 14.1 Å². The third-order valence-corrected chi connectivity index (χ3v) is 4.18. The first-order chi connectivity index (χ1) is 10.6. The molecule has 2 aromatic heterocycles. The fraction of sp³-hybridized carbons (Fsp3) is 0.533. The normalized spacial score (nSPS) is 18.9. The molecule has 3 heterocycles. The average Bonchev–Trinajstić information content (AvgIpc) is 3.09. The van der Waals surface area contributed by atoms with Crippen LogP contribution in [0.3, 0.4) is 0 Å². The van der Waals surface area contributed by atoms with Crippen LogP contribution in [0.15, 0.2) is 29.2 Å². The van der Waals surface area contributed by atoms with Crippen molar-refractivity contribution in [3.05, 3.63) is 34.9 Å². The number of likely N-dealkylation sites (N-methyl/N-ethyl adjacent to an activating group) is 1. The van der Waals surface area contributed by atoms with Crippen molar-refractivity contribution in [2.24, 2.45) is 0 Å². The van der Waals surface area contributed by atoms with Crippen LogP contribution in [-0.2, 0) is 11.3 Å². The molecule has 7 nitrogen and oxygen atoms in total. The predicted molar refractivity (Wildman–Crippen MR) is 82.7 cm³/mol. The van der Waals surface area contributed by atoms with Crippen LogP contribution in [0.1, 0.15) is 12.8 Å². The van der Waals surface area contributed by atoms with E-state index in [0.717, 1.165) is 19.4 Å². The summed E-state index contributed by atoms with van der Waals surface area (Å²) in [6, 6.07) is 5.42. The van der Waals surface area contributed by atoms with Gasteiger partial charge in [-0.2, -0.15) is 0 Å². The number of pyridine rings is 1. The molecule has 0 spiro atoms. The number of hydrogen-bond donors (Lipinski definition) is 0. The van der Waals surface area contributed by atoms with Crippen molar-refractivity contribution < 1.29 is 4.79 Å². The van der Waals surface area contributed by atoms with Crippen LogP contribution in [0.2, 0.25) is 0 Å². The Balaban J connectivity index is 1.72. The van der Waals surface area contributed by atoms with E-state index in [1.807, 2.05) is 18.2 Å². The fourth-order valence-corrected chi connectivity index (χ4v) is 3.01. The number of aromatic nitrogens is 3. The predicted octanol–water partition coefficient (Wildman–Crippen LogP) is 0.0486. The van der Waals surface area contributed by atoms with E-state index >= 15 is 0 Å². The number of nitrogens with zero attached hydrogens (tertiary/aromatic N) is 5. The topological polar surface area (TPSA) is 62.9 Å². The van der Waals surface area contributed by atoms with Gasteiger partial charge in [0.15, 0.2) is 5.65 Å². The van der Waals surface area contributed by atoms with Gasteiger partial charge in [-0.15, -0.1) is 5.10 Å². The maximum atomic E-state index is 12.2. The molecule has 0 aliphatic carbocycles. The van der Waals surface area contributed by atoms with Crippen molar-refractivity contribution >= 4 is 11.6 Å². The molecule has 22 heavy (non-hydrogen) atoms. The van der Waals surface area contributed by atoms with E-state index in [9.17, 15) is 9.59 Å². The van der Waals surface area contributed by atoms with Crippen LogP contribution in [0.5, 0.6) is 0 Å². The van der Waals surface area contributed by atoms with E-state index in [1.165, 1.54) is 9.08 Å². The number of carbonyl (C=O) groups excluding carboxylic acids is 1. The first-order valence-electron chi connectivity index (χ1n) is 7.57. The van der Waals surface area contributed by atoms with E-state index in [1.54, 1.807) is 25.2 Å².